The third-order valence-corrected chi connectivity index (χ3v) is 1.32. The summed E-state index contributed by atoms with van der Waals surface area (Å²) in [6, 6.07) is 0. The van der Waals surface area contributed by atoms with E-state index in [1.54, 1.807) is 0 Å². The maximum absolute atomic E-state index is 12.0. The Labute approximate surface area is 61.8 Å². The van der Waals surface area contributed by atoms with E-state index in [1.807, 2.05) is 0 Å². The standard InChI is InChI=1S/C3ClF5O2/c4-2(10-11-2)1(5,6)3(7,8)9. The summed E-state index contributed by atoms with van der Waals surface area (Å²) in [4.78, 5) is 6.57. The lowest BCUT2D eigenvalue weighted by Gasteiger charge is -2.17. The smallest absolute Gasteiger partial charge is 0.188 e. The summed E-state index contributed by atoms with van der Waals surface area (Å²) in [5, 5.41) is -3.36. The largest absolute Gasteiger partial charge is 0.460 e. The first-order chi connectivity index (χ1) is 4.71. The van der Waals surface area contributed by atoms with Gasteiger partial charge < -0.3 is 0 Å². The summed E-state index contributed by atoms with van der Waals surface area (Å²) in [5.74, 6) is -5.19. The van der Waals surface area contributed by atoms with Gasteiger partial charge in [0.15, 0.2) is 0 Å². The lowest BCUT2D eigenvalue weighted by molar-refractivity contribution is -0.297. The van der Waals surface area contributed by atoms with Crippen LogP contribution in [0.25, 0.3) is 0 Å². The van der Waals surface area contributed by atoms with Crippen LogP contribution >= 0.6 is 11.6 Å². The summed E-state index contributed by atoms with van der Waals surface area (Å²) in [6.07, 6.45) is -5.77. The van der Waals surface area contributed by atoms with Crippen LogP contribution < -0.4 is 0 Å². The molecule has 0 bridgehead atoms. The Kier molecular flexibility index (Phi) is 1.60. The van der Waals surface area contributed by atoms with Crippen LogP contribution in [0.3, 0.4) is 0 Å². The molecule has 0 saturated carbocycles. The minimum absolute atomic E-state index is 3.28. The zero-order chi connectivity index (χ0) is 8.91. The van der Waals surface area contributed by atoms with Crippen molar-refractivity contribution in [3.8, 4) is 0 Å². The molecule has 0 N–H and O–H groups in total. The highest BCUT2D eigenvalue weighted by Crippen LogP contribution is 2.54. The first kappa shape index (κ1) is 8.95. The second-order valence-corrected chi connectivity index (χ2v) is 2.27. The zero-order valence-corrected chi connectivity index (χ0v) is 5.34. The fourth-order valence-corrected chi connectivity index (χ4v) is 0.449. The molecule has 0 spiro atoms. The maximum Gasteiger partial charge on any atom is 0.460 e. The molecule has 0 aromatic carbocycles. The SMILES string of the molecule is FC(F)(F)C(F)(F)C1(Cl)OO1. The van der Waals surface area contributed by atoms with Crippen LogP contribution in [0, 0.1) is 0 Å². The van der Waals surface area contributed by atoms with Crippen LogP contribution in [0.2, 0.25) is 0 Å². The minimum Gasteiger partial charge on any atom is -0.188 e. The molecule has 1 fully saturated rings. The molecular formula is C3ClF5O2. The van der Waals surface area contributed by atoms with Gasteiger partial charge in [-0.15, -0.1) is 0 Å². The van der Waals surface area contributed by atoms with Gasteiger partial charge in [-0.05, 0) is 11.6 Å². The zero-order valence-electron chi connectivity index (χ0n) is 4.58. The Hall–Kier alpha value is -0.140. The number of halogens is 6. The second kappa shape index (κ2) is 1.96. The van der Waals surface area contributed by atoms with Crippen LogP contribution in [-0.4, -0.2) is 17.3 Å². The number of rotatable bonds is 1. The van der Waals surface area contributed by atoms with Gasteiger partial charge in [-0.1, -0.05) is 0 Å². The Morgan fingerprint density at radius 2 is 1.36 bits per heavy atom. The van der Waals surface area contributed by atoms with Crippen molar-refractivity contribution in [2.75, 3.05) is 0 Å². The molecule has 1 aliphatic heterocycles. The molecular weight excluding hydrogens is 198 g/mol. The van der Waals surface area contributed by atoms with Crippen LogP contribution in [0.15, 0.2) is 0 Å². The van der Waals surface area contributed by atoms with E-state index < -0.39 is 17.3 Å². The van der Waals surface area contributed by atoms with Gasteiger partial charge in [-0.2, -0.15) is 31.7 Å². The Bertz CT molecular complexity index is 166. The number of hydrogen-bond acceptors (Lipinski definition) is 2. The molecule has 1 heterocycles. The highest BCUT2D eigenvalue weighted by molar-refractivity contribution is 6.23. The Morgan fingerprint density at radius 3 is 1.45 bits per heavy atom. The monoisotopic (exact) mass is 198 g/mol. The molecule has 1 saturated heterocycles. The molecule has 0 atom stereocenters. The first-order valence-electron chi connectivity index (χ1n) is 2.21. The van der Waals surface area contributed by atoms with Crippen molar-refractivity contribution in [3.05, 3.63) is 0 Å². The van der Waals surface area contributed by atoms with Gasteiger partial charge in [-0.3, -0.25) is 0 Å². The molecule has 0 aromatic rings. The van der Waals surface area contributed by atoms with Crippen molar-refractivity contribution in [2.45, 2.75) is 17.3 Å². The molecule has 8 heteroatoms. The van der Waals surface area contributed by atoms with Crippen molar-refractivity contribution in [3.63, 3.8) is 0 Å². The fourth-order valence-electron chi connectivity index (χ4n) is 0.311. The number of hydrogen-bond donors (Lipinski definition) is 0. The van der Waals surface area contributed by atoms with Crippen LogP contribution in [-0.2, 0) is 9.78 Å². The van der Waals surface area contributed by atoms with Gasteiger partial charge >= 0.3 is 17.3 Å². The average molecular weight is 198 g/mol. The third kappa shape index (κ3) is 1.17. The van der Waals surface area contributed by atoms with Crippen molar-refractivity contribution in [1.82, 2.24) is 0 Å². The van der Waals surface area contributed by atoms with E-state index in [1.165, 1.54) is 0 Å². The topological polar surface area (TPSA) is 25.1 Å². The normalized spacial score (nSPS) is 23.5. The van der Waals surface area contributed by atoms with Gasteiger partial charge in [-0.25, -0.2) is 0 Å². The summed E-state index contributed by atoms with van der Waals surface area (Å²) in [6.45, 7) is 0. The van der Waals surface area contributed by atoms with E-state index in [0.29, 0.717) is 0 Å². The van der Waals surface area contributed by atoms with Gasteiger partial charge in [0.1, 0.15) is 0 Å². The average Bonchev–Trinajstić information content (AvgIpc) is 2.45. The summed E-state index contributed by atoms with van der Waals surface area (Å²) >= 11 is 4.51. The molecule has 0 unspecified atom stereocenters. The van der Waals surface area contributed by atoms with E-state index in [9.17, 15) is 22.0 Å². The summed E-state index contributed by atoms with van der Waals surface area (Å²) in [7, 11) is 0. The molecule has 0 aliphatic carbocycles. The van der Waals surface area contributed by atoms with E-state index in [2.05, 4.69) is 21.4 Å². The van der Waals surface area contributed by atoms with Gasteiger partial charge in [0, 0.05) is 0 Å². The van der Waals surface area contributed by atoms with Gasteiger partial charge in [0.05, 0.1) is 0 Å². The van der Waals surface area contributed by atoms with Crippen molar-refractivity contribution >= 4 is 11.6 Å². The second-order valence-electron chi connectivity index (χ2n) is 1.78. The van der Waals surface area contributed by atoms with Crippen LogP contribution in [0.4, 0.5) is 22.0 Å². The Balaban J connectivity index is 2.82. The van der Waals surface area contributed by atoms with E-state index in [-0.39, 0.29) is 0 Å². The van der Waals surface area contributed by atoms with E-state index in [4.69, 9.17) is 0 Å². The molecule has 0 amide bonds. The molecule has 11 heavy (non-hydrogen) atoms. The van der Waals surface area contributed by atoms with Crippen molar-refractivity contribution in [1.29, 1.82) is 0 Å². The highest BCUT2D eigenvalue weighted by Gasteiger charge is 2.80. The number of alkyl halides is 6. The maximum atomic E-state index is 12.0. The predicted molar refractivity (Wildman–Crippen MR) is 21.8 cm³/mol. The lowest BCUT2D eigenvalue weighted by atomic mass is 10.3. The van der Waals surface area contributed by atoms with E-state index >= 15 is 0 Å². The quantitative estimate of drug-likeness (QED) is 0.279. The molecule has 0 aromatic heterocycles. The highest BCUT2D eigenvalue weighted by atomic mass is 35.5. The molecule has 66 valence electrons. The third-order valence-electron chi connectivity index (χ3n) is 0.961. The molecule has 2 nitrogen and oxygen atoms in total. The summed E-state index contributed by atoms with van der Waals surface area (Å²) in [5.41, 5.74) is 0. The Morgan fingerprint density at radius 1 is 1.00 bits per heavy atom. The van der Waals surface area contributed by atoms with Gasteiger partial charge in [0.25, 0.3) is 0 Å². The summed E-state index contributed by atoms with van der Waals surface area (Å²) < 4.78 is 58.1. The predicted octanol–water partition coefficient (Wildman–Crippen LogP) is 2.04. The molecule has 1 rings (SSSR count). The molecule has 0 radical (unpaired) electrons. The first-order valence-corrected chi connectivity index (χ1v) is 2.59. The minimum atomic E-state index is -5.77. The van der Waals surface area contributed by atoms with Gasteiger partial charge in [0.2, 0.25) is 0 Å². The van der Waals surface area contributed by atoms with Crippen LogP contribution in [0.1, 0.15) is 0 Å². The van der Waals surface area contributed by atoms with Crippen molar-refractivity contribution in [2.24, 2.45) is 0 Å². The van der Waals surface area contributed by atoms with Crippen molar-refractivity contribution < 1.29 is 31.7 Å². The van der Waals surface area contributed by atoms with E-state index in [0.717, 1.165) is 0 Å². The molecule has 1 aliphatic rings. The fraction of sp³-hybridized carbons (Fsp3) is 1.00. The lowest BCUT2D eigenvalue weighted by Crippen LogP contribution is -2.46. The van der Waals surface area contributed by atoms with Crippen LogP contribution in [0.5, 0.6) is 0 Å².